The van der Waals surface area contributed by atoms with Gasteiger partial charge in [0.25, 0.3) is 11.7 Å². The van der Waals surface area contributed by atoms with E-state index in [0.29, 0.717) is 23.5 Å². The van der Waals surface area contributed by atoms with E-state index in [1.807, 2.05) is 54.6 Å². The van der Waals surface area contributed by atoms with Crippen LogP contribution in [-0.4, -0.2) is 40.0 Å². The highest BCUT2D eigenvalue weighted by molar-refractivity contribution is 6.43. The molecule has 1 heterocycles. The van der Waals surface area contributed by atoms with E-state index in [9.17, 15) is 9.59 Å². The van der Waals surface area contributed by atoms with Crippen LogP contribution in [0.5, 0.6) is 5.75 Å². The second-order valence-corrected chi connectivity index (χ2v) is 6.94. The lowest BCUT2D eigenvalue weighted by atomic mass is 10.1. The number of ketones is 1. The quantitative estimate of drug-likeness (QED) is 0.325. The van der Waals surface area contributed by atoms with E-state index in [0.717, 1.165) is 17.0 Å². The summed E-state index contributed by atoms with van der Waals surface area (Å²) in [6, 6.07) is 16.9. The summed E-state index contributed by atoms with van der Waals surface area (Å²) in [7, 11) is 1.60. The van der Waals surface area contributed by atoms with Crippen molar-refractivity contribution < 1.29 is 14.3 Å². The fraction of sp³-hybridized carbons (Fsp3) is 0.208. The lowest BCUT2D eigenvalue weighted by Crippen LogP contribution is -2.36. The van der Waals surface area contributed by atoms with Gasteiger partial charge >= 0.3 is 0 Å². The third-order valence-electron chi connectivity index (χ3n) is 4.88. The molecule has 2 aromatic carbocycles. The van der Waals surface area contributed by atoms with Crippen LogP contribution in [0.15, 0.2) is 67.3 Å². The number of methoxy groups -OCH3 is 1. The lowest BCUT2D eigenvalue weighted by molar-refractivity contribution is -0.126. The smallest absolute Gasteiger partial charge is 0.295 e. The van der Waals surface area contributed by atoms with Gasteiger partial charge < -0.3 is 9.64 Å². The van der Waals surface area contributed by atoms with E-state index in [4.69, 9.17) is 4.74 Å². The van der Waals surface area contributed by atoms with Gasteiger partial charge in [-0.15, -0.1) is 6.58 Å². The molecule has 0 N–H and O–H groups in total. The summed E-state index contributed by atoms with van der Waals surface area (Å²) in [5.41, 5.74) is 3.24. The normalized spacial score (nSPS) is 10.5. The Kier molecular flexibility index (Phi) is 6.47. The molecular weight excluding hydrogens is 378 g/mol. The Morgan fingerprint density at radius 3 is 2.37 bits per heavy atom. The number of Topliss-reactive ketones (excluding diaryl/α,β-unsaturated/α-hetero) is 1. The maximum absolute atomic E-state index is 13.1. The summed E-state index contributed by atoms with van der Waals surface area (Å²) >= 11 is 0. The zero-order valence-corrected chi connectivity index (χ0v) is 17.5. The molecule has 3 aromatic rings. The number of aryl methyl sites for hydroxylation is 1. The predicted molar refractivity (Wildman–Crippen MR) is 116 cm³/mol. The van der Waals surface area contributed by atoms with E-state index in [-0.39, 0.29) is 6.54 Å². The second kappa shape index (κ2) is 9.22. The summed E-state index contributed by atoms with van der Waals surface area (Å²) in [5, 5.41) is 4.48. The fourth-order valence-electron chi connectivity index (χ4n) is 3.37. The fourth-order valence-corrected chi connectivity index (χ4v) is 3.37. The number of rotatable bonds is 8. The Hall–Kier alpha value is -3.67. The molecule has 1 aromatic heterocycles. The molecule has 0 aliphatic heterocycles. The number of hydrogen-bond donors (Lipinski definition) is 0. The predicted octanol–water partition coefficient (Wildman–Crippen LogP) is 3.90. The van der Waals surface area contributed by atoms with E-state index in [1.165, 1.54) is 4.90 Å². The van der Waals surface area contributed by atoms with Crippen molar-refractivity contribution in [3.8, 4) is 11.4 Å². The number of carbonyl (C=O) groups is 2. The molecular formula is C24H25N3O3. The molecule has 3 rings (SSSR count). The van der Waals surface area contributed by atoms with Crippen LogP contribution >= 0.6 is 0 Å². The molecule has 1 amide bonds. The van der Waals surface area contributed by atoms with E-state index >= 15 is 0 Å². The Morgan fingerprint density at radius 1 is 1.10 bits per heavy atom. The van der Waals surface area contributed by atoms with Crippen molar-refractivity contribution >= 4 is 11.7 Å². The number of para-hydroxylation sites is 1. The van der Waals surface area contributed by atoms with Crippen LogP contribution in [0, 0.1) is 13.8 Å². The van der Waals surface area contributed by atoms with Gasteiger partial charge in [0.2, 0.25) is 0 Å². The molecule has 0 saturated heterocycles. The molecule has 0 atom stereocenters. The van der Waals surface area contributed by atoms with Crippen LogP contribution in [0.3, 0.4) is 0 Å². The molecule has 0 unspecified atom stereocenters. The molecule has 30 heavy (non-hydrogen) atoms. The number of ether oxygens (including phenoxy) is 1. The number of carbonyl (C=O) groups excluding carboxylic acids is 2. The topological polar surface area (TPSA) is 64.4 Å². The van der Waals surface area contributed by atoms with Crippen LogP contribution in [-0.2, 0) is 11.3 Å². The van der Waals surface area contributed by atoms with Crippen molar-refractivity contribution in [3.63, 3.8) is 0 Å². The summed E-state index contributed by atoms with van der Waals surface area (Å²) in [5.74, 6) is -0.414. The SMILES string of the molecule is C=CCN(Cc1ccc(OC)cc1)C(=O)C(=O)c1c(C)nn(-c2ccccc2)c1C. The maximum atomic E-state index is 13.1. The summed E-state index contributed by atoms with van der Waals surface area (Å²) in [4.78, 5) is 27.7. The zero-order valence-electron chi connectivity index (χ0n) is 17.5. The van der Waals surface area contributed by atoms with Crippen LogP contribution in [0.2, 0.25) is 0 Å². The van der Waals surface area contributed by atoms with Crippen LogP contribution in [0.25, 0.3) is 5.69 Å². The first kappa shape index (κ1) is 21.0. The van der Waals surface area contributed by atoms with Crippen molar-refractivity contribution in [2.75, 3.05) is 13.7 Å². The highest BCUT2D eigenvalue weighted by Gasteiger charge is 2.28. The summed E-state index contributed by atoms with van der Waals surface area (Å²) in [6.07, 6.45) is 1.61. The standard InChI is InChI=1S/C24H25N3O3/c1-5-15-26(16-19-11-13-21(30-4)14-12-19)24(29)23(28)22-17(2)25-27(18(22)3)20-9-7-6-8-10-20/h5-14H,1,15-16H2,2-4H3. The van der Waals surface area contributed by atoms with Crippen molar-refractivity contribution in [2.24, 2.45) is 0 Å². The van der Waals surface area contributed by atoms with Gasteiger partial charge in [-0.3, -0.25) is 9.59 Å². The molecule has 0 radical (unpaired) electrons. The molecule has 0 spiro atoms. The van der Waals surface area contributed by atoms with Gasteiger partial charge in [-0.2, -0.15) is 5.10 Å². The van der Waals surface area contributed by atoms with Crippen LogP contribution in [0.4, 0.5) is 0 Å². The highest BCUT2D eigenvalue weighted by atomic mass is 16.5. The van der Waals surface area contributed by atoms with Gasteiger partial charge in [0.15, 0.2) is 0 Å². The van der Waals surface area contributed by atoms with Gasteiger partial charge in [-0.05, 0) is 43.7 Å². The number of hydrogen-bond acceptors (Lipinski definition) is 4. The van der Waals surface area contributed by atoms with Crippen molar-refractivity contribution in [2.45, 2.75) is 20.4 Å². The first-order valence-corrected chi connectivity index (χ1v) is 9.65. The number of amides is 1. The first-order valence-electron chi connectivity index (χ1n) is 9.65. The molecule has 0 fully saturated rings. The van der Waals surface area contributed by atoms with Gasteiger partial charge in [0, 0.05) is 13.1 Å². The third-order valence-corrected chi connectivity index (χ3v) is 4.88. The molecule has 6 heteroatoms. The molecule has 0 bridgehead atoms. The number of aromatic nitrogens is 2. The average molecular weight is 403 g/mol. The minimum absolute atomic E-state index is 0.265. The number of nitrogens with zero attached hydrogens (tertiary/aromatic N) is 3. The maximum Gasteiger partial charge on any atom is 0.295 e. The van der Waals surface area contributed by atoms with Crippen LogP contribution < -0.4 is 4.74 Å². The second-order valence-electron chi connectivity index (χ2n) is 6.94. The van der Waals surface area contributed by atoms with Gasteiger partial charge in [0.05, 0.1) is 29.7 Å². The monoisotopic (exact) mass is 403 g/mol. The summed E-state index contributed by atoms with van der Waals surface area (Å²) < 4.78 is 6.86. The zero-order chi connectivity index (χ0) is 21.7. The molecule has 6 nitrogen and oxygen atoms in total. The minimum Gasteiger partial charge on any atom is -0.497 e. The Morgan fingerprint density at radius 2 is 1.77 bits per heavy atom. The van der Waals surface area contributed by atoms with Crippen molar-refractivity contribution in [1.29, 1.82) is 0 Å². The Bertz CT molecular complexity index is 1050. The van der Waals surface area contributed by atoms with Gasteiger partial charge in [0.1, 0.15) is 5.75 Å². The van der Waals surface area contributed by atoms with E-state index < -0.39 is 11.7 Å². The van der Waals surface area contributed by atoms with Crippen LogP contribution in [0.1, 0.15) is 27.3 Å². The van der Waals surface area contributed by atoms with Crippen molar-refractivity contribution in [3.05, 3.63) is 89.8 Å². The lowest BCUT2D eigenvalue weighted by Gasteiger charge is -2.20. The van der Waals surface area contributed by atoms with E-state index in [2.05, 4.69) is 11.7 Å². The molecule has 0 aliphatic carbocycles. The highest BCUT2D eigenvalue weighted by Crippen LogP contribution is 2.20. The molecule has 0 saturated carbocycles. The molecule has 154 valence electrons. The van der Waals surface area contributed by atoms with E-state index in [1.54, 1.807) is 31.7 Å². The number of benzene rings is 2. The summed E-state index contributed by atoms with van der Waals surface area (Å²) in [6.45, 7) is 7.83. The Balaban J connectivity index is 1.87. The minimum atomic E-state index is -0.579. The largest absolute Gasteiger partial charge is 0.497 e. The third kappa shape index (κ3) is 4.33. The first-order chi connectivity index (χ1) is 14.5. The van der Waals surface area contributed by atoms with Crippen molar-refractivity contribution in [1.82, 2.24) is 14.7 Å². The average Bonchev–Trinajstić information content (AvgIpc) is 3.07. The van der Waals surface area contributed by atoms with Gasteiger partial charge in [-0.1, -0.05) is 36.4 Å². The Labute approximate surface area is 176 Å². The van der Waals surface area contributed by atoms with Gasteiger partial charge in [-0.25, -0.2) is 4.68 Å². The molecule has 0 aliphatic rings.